The molecule has 5 aromatic rings. The van der Waals surface area contributed by atoms with E-state index < -0.39 is 0 Å². The second-order valence-electron chi connectivity index (χ2n) is 13.0. The highest BCUT2D eigenvalue weighted by Crippen LogP contribution is 2.53. The third kappa shape index (κ3) is 3.51. The second-order valence-corrected chi connectivity index (χ2v) is 13.0. The summed E-state index contributed by atoms with van der Waals surface area (Å²) >= 11 is 0. The lowest BCUT2D eigenvalue weighted by Gasteiger charge is -2.27. The zero-order chi connectivity index (χ0) is 25.6. The van der Waals surface area contributed by atoms with E-state index in [4.69, 9.17) is 9.15 Å². The standard InChI is InChI=1S/C33H36NO2/c1-19-27-29-28-22(12-14-34(29)8)21-11-9-10-20(17-32(2,3)4)24(21)16-26(28)36-31(27)25(18-33(5,6)7)23-13-15-35-30(19)23/h9-16H,17-18H2,1-8H3/q+1. The van der Waals surface area contributed by atoms with Gasteiger partial charge in [0.15, 0.2) is 6.20 Å². The monoisotopic (exact) mass is 478 g/mol. The highest BCUT2D eigenvalue weighted by molar-refractivity contribution is 6.16. The zero-order valence-electron chi connectivity index (χ0n) is 22.8. The van der Waals surface area contributed by atoms with Crippen molar-refractivity contribution in [1.29, 1.82) is 0 Å². The third-order valence-corrected chi connectivity index (χ3v) is 7.42. The van der Waals surface area contributed by atoms with Crippen LogP contribution in [0.2, 0.25) is 0 Å². The van der Waals surface area contributed by atoms with Gasteiger partial charge >= 0.3 is 0 Å². The van der Waals surface area contributed by atoms with Crippen LogP contribution >= 0.6 is 0 Å². The van der Waals surface area contributed by atoms with Crippen molar-refractivity contribution in [2.45, 2.75) is 61.3 Å². The highest BCUT2D eigenvalue weighted by atomic mass is 16.5. The van der Waals surface area contributed by atoms with Crippen LogP contribution in [-0.2, 0) is 19.9 Å². The molecule has 3 heteroatoms. The molecule has 36 heavy (non-hydrogen) atoms. The molecule has 0 unspecified atom stereocenters. The smallest absolute Gasteiger partial charge is 0.228 e. The first-order valence-corrected chi connectivity index (χ1v) is 13.0. The Bertz CT molecular complexity index is 1690. The number of hydrogen-bond acceptors (Lipinski definition) is 2. The second kappa shape index (κ2) is 7.59. The maximum atomic E-state index is 6.98. The third-order valence-electron chi connectivity index (χ3n) is 7.42. The van der Waals surface area contributed by atoms with E-state index in [1.54, 1.807) is 0 Å². The molecule has 1 aliphatic heterocycles. The van der Waals surface area contributed by atoms with Crippen LogP contribution in [0.15, 0.2) is 53.3 Å². The van der Waals surface area contributed by atoms with Gasteiger partial charge in [-0.3, -0.25) is 0 Å². The molecule has 0 bridgehead atoms. The maximum absolute atomic E-state index is 6.98. The first kappa shape index (κ1) is 23.1. The summed E-state index contributed by atoms with van der Waals surface area (Å²) in [5.41, 5.74) is 7.38. The number of pyridine rings is 1. The minimum absolute atomic E-state index is 0.105. The zero-order valence-corrected chi connectivity index (χ0v) is 22.8. The van der Waals surface area contributed by atoms with E-state index >= 15 is 0 Å². The molecule has 3 heterocycles. The number of aromatic nitrogens is 1. The molecule has 184 valence electrons. The van der Waals surface area contributed by atoms with Crippen LogP contribution in [0.4, 0.5) is 0 Å². The molecule has 3 aromatic carbocycles. The fraction of sp³-hybridized carbons (Fsp3) is 0.364. The first-order valence-electron chi connectivity index (χ1n) is 13.0. The van der Waals surface area contributed by atoms with E-state index in [0.29, 0.717) is 0 Å². The van der Waals surface area contributed by atoms with Crippen molar-refractivity contribution in [3.8, 4) is 22.8 Å². The van der Waals surface area contributed by atoms with Crippen molar-refractivity contribution < 1.29 is 13.7 Å². The lowest BCUT2D eigenvalue weighted by atomic mass is 9.82. The van der Waals surface area contributed by atoms with Gasteiger partial charge in [0, 0.05) is 28.0 Å². The van der Waals surface area contributed by atoms with Gasteiger partial charge in [-0.25, -0.2) is 4.57 Å². The van der Waals surface area contributed by atoms with Gasteiger partial charge in [-0.1, -0.05) is 59.7 Å². The number of fused-ring (bicyclic) bond motifs is 5. The Morgan fingerprint density at radius 2 is 1.58 bits per heavy atom. The average molecular weight is 479 g/mol. The van der Waals surface area contributed by atoms with Crippen molar-refractivity contribution in [2.24, 2.45) is 17.9 Å². The summed E-state index contributed by atoms with van der Waals surface area (Å²) in [4.78, 5) is 0. The van der Waals surface area contributed by atoms with E-state index in [9.17, 15) is 0 Å². The number of rotatable bonds is 2. The molecule has 0 radical (unpaired) electrons. The number of hydrogen-bond donors (Lipinski definition) is 0. The lowest BCUT2D eigenvalue weighted by Crippen LogP contribution is -2.32. The summed E-state index contributed by atoms with van der Waals surface area (Å²) in [6.45, 7) is 15.9. The molecule has 2 aromatic heterocycles. The van der Waals surface area contributed by atoms with E-state index in [-0.39, 0.29) is 10.8 Å². The van der Waals surface area contributed by atoms with Gasteiger partial charge in [0.05, 0.1) is 17.2 Å². The average Bonchev–Trinajstić information content (AvgIpc) is 3.27. The molecule has 3 nitrogen and oxygen atoms in total. The van der Waals surface area contributed by atoms with Crippen molar-refractivity contribution in [3.63, 3.8) is 0 Å². The van der Waals surface area contributed by atoms with Crippen LogP contribution in [0.25, 0.3) is 43.8 Å². The highest BCUT2D eigenvalue weighted by Gasteiger charge is 2.35. The van der Waals surface area contributed by atoms with Crippen molar-refractivity contribution >= 4 is 32.5 Å². The number of aryl methyl sites for hydroxylation is 2. The van der Waals surface area contributed by atoms with Crippen LogP contribution < -0.4 is 9.30 Å². The van der Waals surface area contributed by atoms with Gasteiger partial charge < -0.3 is 9.15 Å². The Hall–Kier alpha value is -3.33. The Labute approximate surface area is 213 Å². The molecule has 0 aliphatic carbocycles. The van der Waals surface area contributed by atoms with Crippen LogP contribution in [0.5, 0.6) is 11.5 Å². The molecular weight excluding hydrogens is 442 g/mol. The van der Waals surface area contributed by atoms with Gasteiger partial charge in [0.1, 0.15) is 24.1 Å². The van der Waals surface area contributed by atoms with Crippen LogP contribution in [0.3, 0.4) is 0 Å². The fourth-order valence-electron chi connectivity index (χ4n) is 6.06. The number of ether oxygens (including phenoxy) is 1. The van der Waals surface area contributed by atoms with Gasteiger partial charge in [0.25, 0.3) is 0 Å². The van der Waals surface area contributed by atoms with Crippen molar-refractivity contribution in [2.75, 3.05) is 0 Å². The van der Waals surface area contributed by atoms with E-state index in [1.807, 2.05) is 6.26 Å². The Morgan fingerprint density at radius 3 is 2.31 bits per heavy atom. The Morgan fingerprint density at radius 1 is 0.833 bits per heavy atom. The van der Waals surface area contributed by atoms with Gasteiger partial charge in [-0.05, 0) is 59.1 Å². The van der Waals surface area contributed by atoms with Gasteiger partial charge in [0.2, 0.25) is 5.69 Å². The van der Waals surface area contributed by atoms with Crippen LogP contribution in [-0.4, -0.2) is 0 Å². The SMILES string of the molecule is Cc1c2c(c(CC(C)(C)C)c3ccoc13)Oc1cc3c(CC(C)(C)C)cccc3c3cc[n+](C)c-2c13. The number of benzene rings is 3. The summed E-state index contributed by atoms with van der Waals surface area (Å²) < 4.78 is 15.3. The molecule has 0 fully saturated rings. The van der Waals surface area contributed by atoms with Gasteiger partial charge in [-0.2, -0.15) is 0 Å². The molecule has 0 amide bonds. The Balaban J connectivity index is 1.75. The molecule has 0 saturated carbocycles. The van der Waals surface area contributed by atoms with Crippen molar-refractivity contribution in [3.05, 3.63) is 65.5 Å². The van der Waals surface area contributed by atoms with E-state index in [1.165, 1.54) is 38.4 Å². The predicted octanol–water partition coefficient (Wildman–Crippen LogP) is 8.82. The minimum atomic E-state index is 0.105. The Kier molecular flexibility index (Phi) is 4.87. The van der Waals surface area contributed by atoms with Crippen molar-refractivity contribution in [1.82, 2.24) is 0 Å². The first-order chi connectivity index (χ1) is 16.9. The van der Waals surface area contributed by atoms with Crippen LogP contribution in [0.1, 0.15) is 58.2 Å². The predicted molar refractivity (Wildman–Crippen MR) is 149 cm³/mol. The molecular formula is C33H36NO2+. The number of furan rings is 1. The van der Waals surface area contributed by atoms with Crippen LogP contribution in [0, 0.1) is 17.8 Å². The molecule has 6 rings (SSSR count). The topological polar surface area (TPSA) is 26.2 Å². The molecule has 0 N–H and O–H groups in total. The lowest BCUT2D eigenvalue weighted by molar-refractivity contribution is -0.659. The summed E-state index contributed by atoms with van der Waals surface area (Å²) in [5.74, 6) is 1.94. The molecule has 0 atom stereocenters. The largest absolute Gasteiger partial charge is 0.464 e. The fourth-order valence-corrected chi connectivity index (χ4v) is 6.06. The maximum Gasteiger partial charge on any atom is 0.228 e. The molecule has 0 spiro atoms. The van der Waals surface area contributed by atoms with E-state index in [0.717, 1.165) is 46.4 Å². The number of nitrogens with zero attached hydrogens (tertiary/aromatic N) is 1. The summed E-state index contributed by atoms with van der Waals surface area (Å²) in [6, 6.07) is 13.4. The normalized spacial score (nSPS) is 13.4. The summed E-state index contributed by atoms with van der Waals surface area (Å²) in [6.07, 6.45) is 5.94. The quantitative estimate of drug-likeness (QED) is 0.184. The van der Waals surface area contributed by atoms with E-state index in [2.05, 4.69) is 103 Å². The summed E-state index contributed by atoms with van der Waals surface area (Å²) in [7, 11) is 2.14. The summed E-state index contributed by atoms with van der Waals surface area (Å²) in [5, 5.41) is 6.17. The molecule has 0 saturated heterocycles. The minimum Gasteiger partial charge on any atom is -0.464 e. The van der Waals surface area contributed by atoms with Gasteiger partial charge in [-0.15, -0.1) is 0 Å². The molecule has 1 aliphatic rings.